The number of carbonyl (C=O) groups excluding carboxylic acids is 1. The number of halogens is 3. The first-order valence-corrected chi connectivity index (χ1v) is 9.07. The van der Waals surface area contributed by atoms with E-state index in [1.54, 1.807) is 0 Å². The number of carbonyl (C=O) groups is 1. The van der Waals surface area contributed by atoms with Crippen LogP contribution in [-0.4, -0.2) is 65.5 Å². The fourth-order valence-corrected chi connectivity index (χ4v) is 4.57. The third kappa shape index (κ3) is 2.93. The average molecular weight is 417 g/mol. The smallest absolute Gasteiger partial charge is 0.423 e. The number of rotatable bonds is 2. The second kappa shape index (κ2) is 5.58. The predicted molar refractivity (Wildman–Crippen MR) is 64.4 cm³/mol. The molecule has 11 nitrogen and oxygen atoms in total. The molecule has 0 N–H and O–H groups in total. The molecule has 0 aromatic carbocycles. The summed E-state index contributed by atoms with van der Waals surface area (Å²) >= 11 is 5.73. The van der Waals surface area contributed by atoms with Crippen LogP contribution in [0, 0.1) is 0 Å². The van der Waals surface area contributed by atoms with Crippen molar-refractivity contribution in [1.82, 2.24) is 0 Å². The predicted octanol–water partition coefficient (Wildman–Crippen LogP) is -0.589. The highest BCUT2D eigenvalue weighted by Crippen LogP contribution is 2.44. The summed E-state index contributed by atoms with van der Waals surface area (Å²) in [6.07, 6.45) is -11.1. The monoisotopic (exact) mass is 416 g/mol. The van der Waals surface area contributed by atoms with Gasteiger partial charge in [0.15, 0.2) is 23.9 Å². The highest BCUT2D eigenvalue weighted by atomic mass is 35.5. The van der Waals surface area contributed by atoms with Gasteiger partial charge < -0.3 is 9.47 Å². The van der Waals surface area contributed by atoms with Crippen molar-refractivity contribution in [2.75, 3.05) is 6.61 Å². The van der Waals surface area contributed by atoms with Crippen molar-refractivity contribution >= 4 is 38.6 Å². The molecule has 0 radical (unpaired) electrons. The lowest BCUT2D eigenvalue weighted by molar-refractivity contribution is -0.127. The number of hydrogen-bond acceptors (Lipinski definition) is 11. The number of ether oxygens (including phenoxy) is 2. The van der Waals surface area contributed by atoms with E-state index in [0.717, 1.165) is 0 Å². The van der Waals surface area contributed by atoms with Crippen LogP contribution in [0.1, 0.15) is 0 Å². The van der Waals surface area contributed by atoms with Gasteiger partial charge in [-0.25, -0.2) is 30.3 Å². The average Bonchev–Trinajstić information content (AvgIpc) is 2.92. The highest BCUT2D eigenvalue weighted by molar-refractivity contribution is 7.82. The van der Waals surface area contributed by atoms with Gasteiger partial charge in [0.05, 0.1) is 0 Å². The Morgan fingerprint density at radius 1 is 1.12 bits per heavy atom. The summed E-state index contributed by atoms with van der Waals surface area (Å²) in [4.78, 5) is 11.4. The molecule has 0 aliphatic carbocycles. The number of alkyl halides is 3. The molecule has 1 spiro atoms. The summed E-state index contributed by atoms with van der Waals surface area (Å²) < 4.78 is 97.5. The molecule has 0 aromatic rings. The standard InChI is InChI=1S/C8H7ClF2O11S2/c9-6-8(1-17-23(13,14)22-6)4(18-7(12)19-8)2-3(5(10)11)21-24(15,16)20-2/h2-6H,1H2. The lowest BCUT2D eigenvalue weighted by Gasteiger charge is -2.37. The van der Waals surface area contributed by atoms with Gasteiger partial charge in [0.1, 0.15) is 6.61 Å². The van der Waals surface area contributed by atoms with Gasteiger partial charge in [-0.05, 0) is 0 Å². The van der Waals surface area contributed by atoms with Gasteiger partial charge in [-0.15, -0.1) is 0 Å². The van der Waals surface area contributed by atoms with Crippen LogP contribution in [0.25, 0.3) is 0 Å². The Bertz CT molecular complexity index is 754. The molecule has 24 heavy (non-hydrogen) atoms. The molecule has 3 heterocycles. The van der Waals surface area contributed by atoms with Gasteiger partial charge in [0.2, 0.25) is 5.60 Å². The Morgan fingerprint density at radius 2 is 1.79 bits per heavy atom. The van der Waals surface area contributed by atoms with Gasteiger partial charge >= 0.3 is 27.0 Å². The molecular weight excluding hydrogens is 410 g/mol. The van der Waals surface area contributed by atoms with Gasteiger partial charge in [-0.1, -0.05) is 11.6 Å². The topological polar surface area (TPSA) is 141 Å². The minimum absolute atomic E-state index is 0.976. The van der Waals surface area contributed by atoms with E-state index in [1.165, 1.54) is 0 Å². The van der Waals surface area contributed by atoms with E-state index in [2.05, 4.69) is 21.5 Å². The van der Waals surface area contributed by atoms with Crippen LogP contribution in [0.4, 0.5) is 13.6 Å². The molecule has 5 atom stereocenters. The van der Waals surface area contributed by atoms with Gasteiger partial charge in [0.25, 0.3) is 6.43 Å². The first-order chi connectivity index (χ1) is 11.0. The maximum atomic E-state index is 13.0. The second-order valence-electron chi connectivity index (χ2n) is 4.79. The molecule has 3 aliphatic rings. The first-order valence-electron chi connectivity index (χ1n) is 5.97. The summed E-state index contributed by atoms with van der Waals surface area (Å²) in [5.74, 6) is 0. The van der Waals surface area contributed by atoms with Gasteiger partial charge in [-0.3, -0.25) is 0 Å². The van der Waals surface area contributed by atoms with Crippen LogP contribution in [0.2, 0.25) is 0 Å². The number of cyclic esters (lactones) is 1. The van der Waals surface area contributed by atoms with E-state index in [9.17, 15) is 30.4 Å². The van der Waals surface area contributed by atoms with E-state index in [-0.39, 0.29) is 0 Å². The molecule has 3 rings (SSSR count). The van der Waals surface area contributed by atoms with Crippen molar-refractivity contribution in [3.63, 3.8) is 0 Å². The molecule has 0 aromatic heterocycles. The minimum Gasteiger partial charge on any atom is -0.423 e. The molecule has 0 saturated carbocycles. The van der Waals surface area contributed by atoms with Crippen LogP contribution in [0.15, 0.2) is 0 Å². The third-order valence-electron chi connectivity index (χ3n) is 3.32. The van der Waals surface area contributed by atoms with Crippen molar-refractivity contribution < 1.29 is 56.6 Å². The summed E-state index contributed by atoms with van der Waals surface area (Å²) in [5, 5.41) is 0. The molecule has 16 heteroatoms. The van der Waals surface area contributed by atoms with E-state index < -0.39 is 69.5 Å². The van der Waals surface area contributed by atoms with Crippen LogP contribution in [0.3, 0.4) is 0 Å². The molecule has 5 unspecified atom stereocenters. The maximum Gasteiger partial charge on any atom is 0.509 e. The zero-order valence-electron chi connectivity index (χ0n) is 11.0. The Morgan fingerprint density at radius 3 is 2.38 bits per heavy atom. The van der Waals surface area contributed by atoms with Crippen molar-refractivity contribution in [2.45, 2.75) is 35.9 Å². The lowest BCUT2D eigenvalue weighted by Crippen LogP contribution is -2.62. The molecule has 0 bridgehead atoms. The van der Waals surface area contributed by atoms with Crippen LogP contribution in [-0.2, 0) is 47.0 Å². The van der Waals surface area contributed by atoms with E-state index in [0.29, 0.717) is 0 Å². The largest absolute Gasteiger partial charge is 0.509 e. The summed E-state index contributed by atoms with van der Waals surface area (Å²) in [6, 6.07) is 0. The maximum absolute atomic E-state index is 13.0. The Labute approximate surface area is 138 Å². The normalized spacial score (nSPS) is 43.8. The van der Waals surface area contributed by atoms with Gasteiger partial charge in [0, 0.05) is 0 Å². The fraction of sp³-hybridized carbons (Fsp3) is 0.875. The molecular formula is C8H7ClF2O11S2. The lowest BCUT2D eigenvalue weighted by atomic mass is 9.91. The van der Waals surface area contributed by atoms with Crippen molar-refractivity contribution in [3.8, 4) is 0 Å². The summed E-state index contributed by atoms with van der Waals surface area (Å²) in [7, 11) is -9.34. The molecule has 3 aliphatic heterocycles. The zero-order valence-corrected chi connectivity index (χ0v) is 13.4. The molecule has 3 fully saturated rings. The molecule has 3 saturated heterocycles. The van der Waals surface area contributed by atoms with Crippen molar-refractivity contribution in [3.05, 3.63) is 0 Å². The fourth-order valence-electron chi connectivity index (χ4n) is 2.33. The summed E-state index contributed by atoms with van der Waals surface area (Å²) in [5.41, 5.74) is -4.22. The Balaban J connectivity index is 1.98. The van der Waals surface area contributed by atoms with Gasteiger partial charge in [-0.2, -0.15) is 16.8 Å². The zero-order chi connectivity index (χ0) is 17.9. The van der Waals surface area contributed by atoms with Crippen LogP contribution >= 0.6 is 11.6 Å². The Kier molecular flexibility index (Phi) is 4.18. The quantitative estimate of drug-likeness (QED) is 0.421. The van der Waals surface area contributed by atoms with E-state index in [4.69, 9.17) is 16.3 Å². The van der Waals surface area contributed by atoms with E-state index in [1.807, 2.05) is 0 Å². The highest BCUT2D eigenvalue weighted by Gasteiger charge is 2.68. The summed E-state index contributed by atoms with van der Waals surface area (Å²) in [6.45, 7) is -0.976. The van der Waals surface area contributed by atoms with Crippen molar-refractivity contribution in [1.29, 1.82) is 0 Å². The third-order valence-corrected chi connectivity index (χ3v) is 5.64. The number of hydrogen-bond donors (Lipinski definition) is 0. The first kappa shape index (κ1) is 18.0. The van der Waals surface area contributed by atoms with Crippen LogP contribution < -0.4 is 0 Å². The van der Waals surface area contributed by atoms with Crippen LogP contribution in [0.5, 0.6) is 0 Å². The van der Waals surface area contributed by atoms with Crippen molar-refractivity contribution in [2.24, 2.45) is 0 Å². The second-order valence-corrected chi connectivity index (χ2v) is 7.64. The molecule has 138 valence electrons. The minimum atomic E-state index is -4.81. The van der Waals surface area contributed by atoms with E-state index >= 15 is 0 Å². The molecule has 0 amide bonds. The Hall–Kier alpha value is -0.840. The SMILES string of the molecule is O=C1OC(C2OS(=O)(=O)OC2C(F)F)C2(COS(=O)(=O)OC2Cl)O1.